The summed E-state index contributed by atoms with van der Waals surface area (Å²) in [4.78, 5) is 108. The van der Waals surface area contributed by atoms with Crippen LogP contribution in [0.3, 0.4) is 0 Å². The van der Waals surface area contributed by atoms with E-state index in [0.717, 1.165) is 128 Å². The molecule has 105 heavy (non-hydrogen) atoms. The second-order valence-corrected chi connectivity index (χ2v) is 25.1. The van der Waals surface area contributed by atoms with Crippen LogP contribution in [0.5, 0.6) is 0 Å². The Bertz CT molecular complexity index is 2410. The maximum absolute atomic E-state index is 12.1. The van der Waals surface area contributed by atoms with E-state index >= 15 is 0 Å². The molecule has 0 fully saturated rings. The fourth-order valence-corrected chi connectivity index (χ4v) is 10.2. The lowest BCUT2D eigenvalue weighted by Crippen LogP contribution is -2.36. The number of hydrogen-bond acceptors (Lipinski definition) is 21. The number of H-pyrrole nitrogens is 2. The summed E-state index contributed by atoms with van der Waals surface area (Å²) in [6.07, 6.45) is 28.4. The van der Waals surface area contributed by atoms with Crippen molar-refractivity contribution in [3.63, 3.8) is 0 Å². The zero-order valence-corrected chi connectivity index (χ0v) is 63.4. The van der Waals surface area contributed by atoms with Gasteiger partial charge in [0.2, 0.25) is 11.9 Å². The van der Waals surface area contributed by atoms with E-state index in [-0.39, 0.29) is 48.3 Å². The molecule has 12 N–H and O–H groups in total. The number of alkyl carbamates (subject to hydrolysis) is 2. The van der Waals surface area contributed by atoms with Gasteiger partial charge in [0.15, 0.2) is 0 Å². The van der Waals surface area contributed by atoms with Crippen LogP contribution in [0, 0.1) is 13.8 Å². The first-order valence-electron chi connectivity index (χ1n) is 38.7. The average Bonchev–Trinajstić information content (AvgIpc) is 0.919. The standard InChI is InChI=1S/C72H132N14O19/c1-61-59-63(87)83-65(81-61)85-69(91)77-35-27-21-19-25-33-75-67(89)73-31-23-15-11-7-3-5-9-13-17-29-37-79-71(93)104-57-55-102-53-51-100-49-47-98-45-43-96-41-39-95-40-42-97-44-46-99-48-50-101-52-54-103-56-58-105-72(94)80-38-30-18-14-10-6-4-8-12-16-24-32-74-68(90)76-34-26-20-22-28-36-78-70(92)86-66-82-62(2)60-64(88)84-66/h59-60H,3-58H2,1-2H3,(H,79,93)(H,80,94)(H2,73,75,89)(H2,74,76,90)(H3,77,81,83,85,87,91)(H3,78,82,84,86,88,92). The summed E-state index contributed by atoms with van der Waals surface area (Å²) in [5.74, 6) is 0.233. The summed E-state index contributed by atoms with van der Waals surface area (Å²) >= 11 is 0. The Labute approximate surface area is 622 Å². The molecule has 0 aromatic carbocycles. The van der Waals surface area contributed by atoms with Crippen molar-refractivity contribution < 1.29 is 80.9 Å². The molecule has 0 aliphatic rings. The van der Waals surface area contributed by atoms with Gasteiger partial charge in [-0.15, -0.1) is 0 Å². The fraction of sp³-hybridized carbons (Fsp3) is 0.806. The summed E-state index contributed by atoms with van der Waals surface area (Å²) in [6.45, 7) is 16.0. The molecule has 0 radical (unpaired) electrons. The minimum Gasteiger partial charge on any atom is -0.447 e. The van der Waals surface area contributed by atoms with E-state index in [2.05, 4.69) is 73.1 Å². The van der Waals surface area contributed by atoms with Gasteiger partial charge in [-0.2, -0.15) is 0 Å². The van der Waals surface area contributed by atoms with Crippen molar-refractivity contribution in [2.75, 3.05) is 195 Å². The molecule has 604 valence electrons. The normalized spacial score (nSPS) is 11.1. The number of amides is 10. The Morgan fingerprint density at radius 1 is 0.267 bits per heavy atom. The predicted octanol–water partition coefficient (Wildman–Crippen LogP) is 8.54. The van der Waals surface area contributed by atoms with Gasteiger partial charge in [-0.05, 0) is 65.2 Å². The molecule has 33 nitrogen and oxygen atoms in total. The Hall–Kier alpha value is -6.98. The minimum absolute atomic E-state index is 0.117. The summed E-state index contributed by atoms with van der Waals surface area (Å²) in [7, 11) is 0. The number of hydrogen-bond donors (Lipinski definition) is 12. The van der Waals surface area contributed by atoms with Crippen LogP contribution < -0.4 is 64.3 Å². The zero-order chi connectivity index (χ0) is 75.6. The van der Waals surface area contributed by atoms with E-state index < -0.39 is 24.2 Å². The number of aryl methyl sites for hydroxylation is 2. The molecule has 2 aromatic rings. The van der Waals surface area contributed by atoms with Gasteiger partial charge in [0.25, 0.3) is 11.1 Å². The Morgan fingerprint density at radius 3 is 0.657 bits per heavy atom. The van der Waals surface area contributed by atoms with Gasteiger partial charge in [0, 0.05) is 75.9 Å². The molecule has 2 rings (SSSR count). The lowest BCUT2D eigenvalue weighted by atomic mass is 10.1. The number of nitrogens with one attached hydrogen (secondary N) is 12. The third-order valence-corrected chi connectivity index (χ3v) is 15.8. The minimum atomic E-state index is -0.433. The van der Waals surface area contributed by atoms with Gasteiger partial charge < -0.3 is 94.6 Å². The summed E-state index contributed by atoms with van der Waals surface area (Å²) in [6, 6.07) is 1.60. The van der Waals surface area contributed by atoms with Crippen LogP contribution in [0.4, 0.5) is 40.7 Å². The van der Waals surface area contributed by atoms with Crippen LogP contribution in [0.2, 0.25) is 0 Å². The fourth-order valence-electron chi connectivity index (χ4n) is 10.2. The number of anilines is 2. The molecule has 2 heterocycles. The number of aromatic nitrogens is 4. The Kier molecular flexibility index (Phi) is 63.9. The zero-order valence-electron chi connectivity index (χ0n) is 63.4. The largest absolute Gasteiger partial charge is 0.447 e. The summed E-state index contributed by atoms with van der Waals surface area (Å²) < 4.78 is 60.0. The van der Waals surface area contributed by atoms with E-state index in [0.29, 0.717) is 183 Å². The van der Waals surface area contributed by atoms with Crippen molar-refractivity contribution in [3.8, 4) is 0 Å². The Balaban J connectivity index is 1.14. The number of carbonyl (C=O) groups excluding carboxylic acids is 6. The van der Waals surface area contributed by atoms with Crippen LogP contribution in [-0.2, 0) is 52.1 Å². The van der Waals surface area contributed by atoms with Gasteiger partial charge in [-0.3, -0.25) is 30.2 Å². The van der Waals surface area contributed by atoms with Crippen molar-refractivity contribution in [3.05, 3.63) is 44.2 Å². The van der Waals surface area contributed by atoms with E-state index in [9.17, 15) is 38.4 Å². The summed E-state index contributed by atoms with van der Waals surface area (Å²) in [5, 5.41) is 27.8. The molecule has 10 amide bonds. The molecule has 0 spiro atoms. The third kappa shape index (κ3) is 66.2. The van der Waals surface area contributed by atoms with Crippen molar-refractivity contribution >= 4 is 48.2 Å². The van der Waals surface area contributed by atoms with Crippen LogP contribution in [0.15, 0.2) is 21.7 Å². The van der Waals surface area contributed by atoms with E-state index in [1.54, 1.807) is 13.8 Å². The first kappa shape index (κ1) is 94.1. The quantitative estimate of drug-likeness (QED) is 0.0276. The number of carbonyl (C=O) groups is 6. The van der Waals surface area contributed by atoms with Gasteiger partial charge in [-0.1, -0.05) is 128 Å². The van der Waals surface area contributed by atoms with Crippen LogP contribution in [0.25, 0.3) is 0 Å². The highest BCUT2D eigenvalue weighted by molar-refractivity contribution is 5.87. The molecular weight excluding hydrogens is 1360 g/mol. The Morgan fingerprint density at radius 2 is 0.448 bits per heavy atom. The van der Waals surface area contributed by atoms with Crippen molar-refractivity contribution in [2.45, 2.75) is 194 Å². The lowest BCUT2D eigenvalue weighted by Gasteiger charge is -2.09. The maximum Gasteiger partial charge on any atom is 0.407 e. The molecule has 0 bridgehead atoms. The molecular formula is C72H132N14O19. The molecule has 0 unspecified atom stereocenters. The highest BCUT2D eigenvalue weighted by Gasteiger charge is 2.09. The molecule has 0 aliphatic heterocycles. The van der Waals surface area contributed by atoms with Crippen molar-refractivity contribution in [1.29, 1.82) is 0 Å². The first-order valence-corrected chi connectivity index (χ1v) is 38.7. The van der Waals surface area contributed by atoms with Crippen LogP contribution >= 0.6 is 0 Å². The summed E-state index contributed by atoms with van der Waals surface area (Å²) in [5.41, 5.74) is 0.399. The second-order valence-electron chi connectivity index (χ2n) is 25.1. The molecule has 0 saturated heterocycles. The number of aromatic amines is 2. The number of nitrogens with zero attached hydrogens (tertiary/aromatic N) is 2. The molecule has 0 aliphatic carbocycles. The smallest absolute Gasteiger partial charge is 0.407 e. The van der Waals surface area contributed by atoms with Gasteiger partial charge >= 0.3 is 36.3 Å². The molecule has 33 heteroatoms. The van der Waals surface area contributed by atoms with E-state index in [1.807, 2.05) is 0 Å². The van der Waals surface area contributed by atoms with Gasteiger partial charge in [-0.25, -0.2) is 38.7 Å². The van der Waals surface area contributed by atoms with Crippen molar-refractivity contribution in [2.24, 2.45) is 0 Å². The molecule has 2 aromatic heterocycles. The van der Waals surface area contributed by atoms with E-state index in [1.165, 1.54) is 63.5 Å². The predicted molar refractivity (Wildman–Crippen MR) is 401 cm³/mol. The number of urea groups is 4. The average molecular weight is 1500 g/mol. The topological polar surface area (TPSA) is 416 Å². The maximum atomic E-state index is 12.1. The van der Waals surface area contributed by atoms with Crippen LogP contribution in [-0.4, -0.2) is 241 Å². The van der Waals surface area contributed by atoms with E-state index in [4.69, 9.17) is 52.1 Å². The van der Waals surface area contributed by atoms with Gasteiger partial charge in [0.05, 0.1) is 119 Å². The van der Waals surface area contributed by atoms with Crippen molar-refractivity contribution in [1.82, 2.24) is 62.5 Å². The molecule has 0 atom stereocenters. The third-order valence-electron chi connectivity index (χ3n) is 15.8. The number of rotatable bonds is 72. The monoisotopic (exact) mass is 1500 g/mol. The first-order chi connectivity index (χ1) is 51.4. The number of ether oxygens (including phenoxy) is 11. The number of unbranched alkanes of at least 4 members (excludes halogenated alkanes) is 24. The lowest BCUT2D eigenvalue weighted by molar-refractivity contribution is -0.0262. The second kappa shape index (κ2) is 71.3. The van der Waals surface area contributed by atoms with Gasteiger partial charge in [0.1, 0.15) is 13.2 Å². The van der Waals surface area contributed by atoms with Crippen LogP contribution in [0.1, 0.15) is 191 Å². The highest BCUT2D eigenvalue weighted by atomic mass is 16.6. The molecule has 0 saturated carbocycles. The highest BCUT2D eigenvalue weighted by Crippen LogP contribution is 2.12. The SMILES string of the molecule is Cc1cc(=O)[nH]c(NC(=O)NCCCCCCNC(=O)NCCCCCCCCCCCCNC(=O)OCCOCCOCCOCCOCCOCCOCCOCCOCCOCCOC(=O)NCCCCCCCCCCCCNC(=O)NCCCCCCNC(=O)Nc2nc(C)cc(=O)[nH]2)n1.